The van der Waals surface area contributed by atoms with E-state index >= 15 is 0 Å². The molecule has 0 fully saturated rings. The van der Waals surface area contributed by atoms with Gasteiger partial charge in [0.05, 0.1) is 6.54 Å². The fourth-order valence-electron chi connectivity index (χ4n) is 1.73. The van der Waals surface area contributed by atoms with Gasteiger partial charge in [0.15, 0.2) is 5.82 Å². The summed E-state index contributed by atoms with van der Waals surface area (Å²) in [5, 5.41) is 0. The van der Waals surface area contributed by atoms with Gasteiger partial charge in [-0.05, 0) is 13.3 Å². The molecular formula is C13H23N5O2. The molecule has 0 aliphatic rings. The van der Waals surface area contributed by atoms with Gasteiger partial charge in [0, 0.05) is 19.2 Å². The Morgan fingerprint density at radius 2 is 2.15 bits per heavy atom. The van der Waals surface area contributed by atoms with Gasteiger partial charge in [-0.1, -0.05) is 13.3 Å². The molecule has 0 aromatic carbocycles. The van der Waals surface area contributed by atoms with Crippen LogP contribution in [0.3, 0.4) is 0 Å². The lowest BCUT2D eigenvalue weighted by molar-refractivity contribution is -0.116. The summed E-state index contributed by atoms with van der Waals surface area (Å²) in [5.41, 5.74) is 11.1. The van der Waals surface area contributed by atoms with E-state index in [4.69, 9.17) is 16.2 Å². The molecular weight excluding hydrogens is 258 g/mol. The number of primary amides is 1. The Morgan fingerprint density at radius 1 is 1.40 bits per heavy atom. The van der Waals surface area contributed by atoms with E-state index in [0.29, 0.717) is 37.2 Å². The van der Waals surface area contributed by atoms with Gasteiger partial charge in [-0.25, -0.2) is 9.97 Å². The molecule has 0 spiro atoms. The minimum absolute atomic E-state index is 0.116. The first-order valence-corrected chi connectivity index (χ1v) is 6.81. The van der Waals surface area contributed by atoms with Crippen LogP contribution in [0.2, 0.25) is 0 Å². The minimum Gasteiger partial charge on any atom is -0.384 e. The number of ether oxygens (including phenoxy) is 1. The van der Waals surface area contributed by atoms with E-state index in [9.17, 15) is 4.79 Å². The number of unbranched alkanes of at least 4 members (excludes halogenated alkanes) is 1. The van der Waals surface area contributed by atoms with Crippen molar-refractivity contribution in [2.45, 2.75) is 33.3 Å². The molecule has 1 aromatic heterocycles. The van der Waals surface area contributed by atoms with Crippen molar-refractivity contribution >= 4 is 17.5 Å². The zero-order valence-corrected chi connectivity index (χ0v) is 12.1. The van der Waals surface area contributed by atoms with Crippen molar-refractivity contribution in [2.75, 3.05) is 30.3 Å². The maximum Gasteiger partial charge on any atom is 0.236 e. The van der Waals surface area contributed by atoms with E-state index in [0.717, 1.165) is 12.8 Å². The Labute approximate surface area is 119 Å². The Balaban J connectivity index is 2.92. The third kappa shape index (κ3) is 5.40. The van der Waals surface area contributed by atoms with Crippen molar-refractivity contribution < 1.29 is 9.53 Å². The molecule has 1 amide bonds. The molecule has 4 N–H and O–H groups in total. The second-order valence-electron chi connectivity index (χ2n) is 4.45. The van der Waals surface area contributed by atoms with E-state index in [1.165, 1.54) is 0 Å². The summed E-state index contributed by atoms with van der Waals surface area (Å²) in [6, 6.07) is 1.65. The Hall–Kier alpha value is -1.89. The molecule has 0 aliphatic heterocycles. The highest BCUT2D eigenvalue weighted by Crippen LogP contribution is 2.15. The number of nitrogens with zero attached hydrogens (tertiary/aromatic N) is 3. The summed E-state index contributed by atoms with van der Waals surface area (Å²) in [7, 11) is 0. The van der Waals surface area contributed by atoms with Crippen LogP contribution < -0.4 is 16.4 Å². The van der Waals surface area contributed by atoms with Crippen LogP contribution in [-0.4, -0.2) is 35.6 Å². The average molecular weight is 281 g/mol. The average Bonchev–Trinajstić information content (AvgIpc) is 2.40. The molecule has 1 rings (SSSR count). The normalized spacial score (nSPS) is 10.5. The Morgan fingerprint density at radius 3 is 2.75 bits per heavy atom. The van der Waals surface area contributed by atoms with Gasteiger partial charge >= 0.3 is 0 Å². The van der Waals surface area contributed by atoms with E-state index in [1.807, 2.05) is 11.8 Å². The van der Waals surface area contributed by atoms with Crippen molar-refractivity contribution in [2.24, 2.45) is 5.73 Å². The van der Waals surface area contributed by atoms with Crippen LogP contribution in [0.5, 0.6) is 0 Å². The number of rotatable bonds is 9. The van der Waals surface area contributed by atoms with Crippen molar-refractivity contribution in [3.63, 3.8) is 0 Å². The summed E-state index contributed by atoms with van der Waals surface area (Å²) < 4.78 is 5.28. The molecule has 7 nitrogen and oxygen atoms in total. The first kappa shape index (κ1) is 16.2. The van der Waals surface area contributed by atoms with Crippen molar-refractivity contribution in [1.82, 2.24) is 9.97 Å². The topological polar surface area (TPSA) is 107 Å². The number of carbonyl (C=O) groups is 1. The second kappa shape index (κ2) is 8.31. The predicted octanol–water partition coefficient (Wildman–Crippen LogP) is 0.687. The summed E-state index contributed by atoms with van der Waals surface area (Å²) in [6.45, 7) is 5.67. The van der Waals surface area contributed by atoms with Crippen LogP contribution >= 0.6 is 0 Å². The summed E-state index contributed by atoms with van der Waals surface area (Å²) >= 11 is 0. The lowest BCUT2D eigenvalue weighted by Crippen LogP contribution is -2.35. The molecule has 0 saturated carbocycles. The first-order valence-electron chi connectivity index (χ1n) is 6.81. The largest absolute Gasteiger partial charge is 0.384 e. The van der Waals surface area contributed by atoms with Gasteiger partial charge in [0.2, 0.25) is 5.91 Å². The van der Waals surface area contributed by atoms with Crippen molar-refractivity contribution in [1.29, 1.82) is 0 Å². The standard InChI is InChI=1S/C13H23N5O2/c1-3-5-6-18(8-11(15)19)13-7-10(14)16-12(17-13)9-20-4-2/h7H,3-6,8-9H2,1-2H3,(H2,15,19)(H2,14,16,17). The highest BCUT2D eigenvalue weighted by molar-refractivity contribution is 5.79. The number of hydrogen-bond acceptors (Lipinski definition) is 6. The predicted molar refractivity (Wildman–Crippen MR) is 78.1 cm³/mol. The van der Waals surface area contributed by atoms with Gasteiger partial charge in [0.25, 0.3) is 0 Å². The maximum atomic E-state index is 11.2. The molecule has 0 unspecified atom stereocenters. The first-order chi connectivity index (χ1) is 9.56. The maximum absolute atomic E-state index is 11.2. The number of nitrogen functional groups attached to an aromatic ring is 1. The number of carbonyl (C=O) groups excluding carboxylic acids is 1. The lowest BCUT2D eigenvalue weighted by atomic mass is 10.3. The second-order valence-corrected chi connectivity index (χ2v) is 4.45. The van der Waals surface area contributed by atoms with Crippen molar-refractivity contribution in [3.8, 4) is 0 Å². The number of hydrogen-bond donors (Lipinski definition) is 2. The molecule has 1 aromatic rings. The number of aromatic nitrogens is 2. The molecule has 0 saturated heterocycles. The van der Waals surface area contributed by atoms with Crippen LogP contribution in [0.1, 0.15) is 32.5 Å². The van der Waals surface area contributed by atoms with E-state index < -0.39 is 5.91 Å². The summed E-state index contributed by atoms with van der Waals surface area (Å²) in [5.74, 6) is 1.08. The zero-order chi connectivity index (χ0) is 15.0. The third-order valence-corrected chi connectivity index (χ3v) is 2.67. The van der Waals surface area contributed by atoms with Gasteiger partial charge in [0.1, 0.15) is 18.2 Å². The fourth-order valence-corrected chi connectivity index (χ4v) is 1.73. The van der Waals surface area contributed by atoms with Crippen molar-refractivity contribution in [3.05, 3.63) is 11.9 Å². The van der Waals surface area contributed by atoms with Gasteiger partial charge in [-0.3, -0.25) is 4.79 Å². The quantitative estimate of drug-likeness (QED) is 0.689. The van der Waals surface area contributed by atoms with Crippen LogP contribution in [0.25, 0.3) is 0 Å². The molecule has 1 heterocycles. The zero-order valence-electron chi connectivity index (χ0n) is 12.1. The molecule has 7 heteroatoms. The van der Waals surface area contributed by atoms with Gasteiger partial charge in [-0.15, -0.1) is 0 Å². The Kier molecular flexibility index (Phi) is 6.72. The van der Waals surface area contributed by atoms with Crippen LogP contribution in [0, 0.1) is 0 Å². The fraction of sp³-hybridized carbons (Fsp3) is 0.615. The third-order valence-electron chi connectivity index (χ3n) is 2.67. The number of nitrogens with two attached hydrogens (primary N) is 2. The molecule has 0 atom stereocenters. The lowest BCUT2D eigenvalue weighted by Gasteiger charge is -2.22. The highest BCUT2D eigenvalue weighted by atomic mass is 16.5. The molecule has 0 bridgehead atoms. The van der Waals surface area contributed by atoms with Crippen LogP contribution in [0.15, 0.2) is 6.07 Å². The minimum atomic E-state index is -0.398. The molecule has 20 heavy (non-hydrogen) atoms. The van der Waals surface area contributed by atoms with Crippen LogP contribution in [-0.2, 0) is 16.1 Å². The SMILES string of the molecule is CCCCN(CC(N)=O)c1cc(N)nc(COCC)n1. The van der Waals surface area contributed by atoms with Gasteiger partial charge < -0.3 is 21.1 Å². The monoisotopic (exact) mass is 281 g/mol. The van der Waals surface area contributed by atoms with E-state index in [2.05, 4.69) is 16.9 Å². The number of anilines is 2. The highest BCUT2D eigenvalue weighted by Gasteiger charge is 2.13. The van der Waals surface area contributed by atoms with Crippen LogP contribution in [0.4, 0.5) is 11.6 Å². The summed E-state index contributed by atoms with van der Waals surface area (Å²) in [4.78, 5) is 21.5. The van der Waals surface area contributed by atoms with Gasteiger partial charge in [-0.2, -0.15) is 0 Å². The molecule has 112 valence electrons. The summed E-state index contributed by atoms with van der Waals surface area (Å²) in [6.07, 6.45) is 1.96. The van der Waals surface area contributed by atoms with E-state index in [-0.39, 0.29) is 6.54 Å². The molecule has 0 radical (unpaired) electrons. The van der Waals surface area contributed by atoms with E-state index in [1.54, 1.807) is 6.07 Å². The molecule has 0 aliphatic carbocycles. The smallest absolute Gasteiger partial charge is 0.236 e. The Bertz CT molecular complexity index is 439. The number of amides is 1.